The first-order valence-electron chi connectivity index (χ1n) is 5.36. The summed E-state index contributed by atoms with van der Waals surface area (Å²) in [6.07, 6.45) is 0. The van der Waals surface area contributed by atoms with E-state index in [9.17, 15) is 9.18 Å². The molecule has 1 aromatic carbocycles. The first kappa shape index (κ1) is 13.2. The molecule has 0 saturated carbocycles. The molecule has 5 heteroatoms. The lowest BCUT2D eigenvalue weighted by Crippen LogP contribution is -2.27. The molecule has 0 aliphatic carbocycles. The largest absolute Gasteiger partial charge is 0.345 e. The number of hydrogen-bond acceptors (Lipinski definition) is 2. The van der Waals surface area contributed by atoms with Crippen LogP contribution in [0.15, 0.2) is 39.5 Å². The van der Waals surface area contributed by atoms with E-state index in [1.807, 2.05) is 23.8 Å². The molecular weight excluding hydrogens is 317 g/mol. The minimum atomic E-state index is -0.528. The van der Waals surface area contributed by atoms with Crippen LogP contribution < -0.4 is 5.32 Å². The number of amides is 1. The molecule has 2 nitrogen and oxygen atoms in total. The third kappa shape index (κ3) is 2.79. The molecule has 0 radical (unpaired) electrons. The van der Waals surface area contributed by atoms with Crippen molar-refractivity contribution in [3.8, 4) is 0 Å². The molecule has 1 aromatic heterocycles. The Labute approximate surface area is 117 Å². The van der Waals surface area contributed by atoms with Gasteiger partial charge in [0.05, 0.1) is 11.6 Å². The number of rotatable bonds is 3. The molecular formula is C13H11BrFNOS. The number of benzene rings is 1. The summed E-state index contributed by atoms with van der Waals surface area (Å²) in [5, 5.41) is 6.68. The second-order valence-corrected chi connectivity index (χ2v) is 5.48. The van der Waals surface area contributed by atoms with Crippen LogP contribution in [0, 0.1) is 5.82 Å². The molecule has 0 spiro atoms. The highest BCUT2D eigenvalue weighted by Gasteiger charge is 2.17. The molecule has 1 N–H and O–H groups in total. The summed E-state index contributed by atoms with van der Waals surface area (Å²) < 4.78 is 14.1. The fourth-order valence-corrected chi connectivity index (χ4v) is 2.86. The van der Waals surface area contributed by atoms with Crippen molar-refractivity contribution < 1.29 is 9.18 Å². The highest BCUT2D eigenvalue weighted by molar-refractivity contribution is 9.10. The van der Waals surface area contributed by atoms with Crippen LogP contribution in [0.5, 0.6) is 0 Å². The molecule has 0 aliphatic heterocycles. The van der Waals surface area contributed by atoms with Crippen LogP contribution in [0.1, 0.15) is 28.9 Å². The van der Waals surface area contributed by atoms with Gasteiger partial charge in [-0.1, -0.05) is 6.07 Å². The van der Waals surface area contributed by atoms with Crippen molar-refractivity contribution in [2.24, 2.45) is 0 Å². The number of halogens is 2. The van der Waals surface area contributed by atoms with Gasteiger partial charge < -0.3 is 5.32 Å². The summed E-state index contributed by atoms with van der Waals surface area (Å²) in [6, 6.07) is 6.27. The maximum atomic E-state index is 13.6. The van der Waals surface area contributed by atoms with Crippen molar-refractivity contribution in [3.05, 3.63) is 56.4 Å². The van der Waals surface area contributed by atoms with E-state index < -0.39 is 11.7 Å². The Morgan fingerprint density at radius 3 is 2.83 bits per heavy atom. The van der Waals surface area contributed by atoms with Gasteiger partial charge in [0.2, 0.25) is 0 Å². The van der Waals surface area contributed by atoms with Crippen molar-refractivity contribution in [3.63, 3.8) is 0 Å². The summed E-state index contributed by atoms with van der Waals surface area (Å²) in [6.45, 7) is 1.87. The fraction of sp³-hybridized carbons (Fsp3) is 0.154. The SMILES string of the molecule is CC(NC(=O)c1c(F)cccc1Br)c1ccsc1. The minimum Gasteiger partial charge on any atom is -0.345 e. The molecule has 0 aliphatic rings. The fourth-order valence-electron chi connectivity index (χ4n) is 1.59. The topological polar surface area (TPSA) is 29.1 Å². The van der Waals surface area contributed by atoms with Gasteiger partial charge >= 0.3 is 0 Å². The average molecular weight is 328 g/mol. The zero-order chi connectivity index (χ0) is 13.1. The van der Waals surface area contributed by atoms with Crippen LogP contribution in [0.2, 0.25) is 0 Å². The van der Waals surface area contributed by atoms with Crippen molar-refractivity contribution in [2.45, 2.75) is 13.0 Å². The maximum absolute atomic E-state index is 13.6. The summed E-state index contributed by atoms with van der Waals surface area (Å²) >= 11 is 4.75. The number of thiophene rings is 1. The molecule has 1 unspecified atom stereocenters. The monoisotopic (exact) mass is 327 g/mol. The highest BCUT2D eigenvalue weighted by Crippen LogP contribution is 2.21. The minimum absolute atomic E-state index is 0.0413. The van der Waals surface area contributed by atoms with E-state index >= 15 is 0 Å². The smallest absolute Gasteiger partial charge is 0.255 e. The van der Waals surface area contributed by atoms with E-state index in [-0.39, 0.29) is 11.6 Å². The zero-order valence-corrected chi connectivity index (χ0v) is 12.0. The van der Waals surface area contributed by atoms with Gasteiger partial charge in [-0.05, 0) is 57.4 Å². The van der Waals surface area contributed by atoms with Gasteiger partial charge in [0.25, 0.3) is 5.91 Å². The average Bonchev–Trinajstić information content (AvgIpc) is 2.81. The van der Waals surface area contributed by atoms with E-state index in [2.05, 4.69) is 21.2 Å². The van der Waals surface area contributed by atoms with Crippen molar-refractivity contribution >= 4 is 33.2 Å². The van der Waals surface area contributed by atoms with Crippen molar-refractivity contribution in [2.75, 3.05) is 0 Å². The summed E-state index contributed by atoms with van der Waals surface area (Å²) in [4.78, 5) is 12.0. The quantitative estimate of drug-likeness (QED) is 0.901. The van der Waals surface area contributed by atoms with Crippen LogP contribution in [-0.4, -0.2) is 5.91 Å². The van der Waals surface area contributed by atoms with E-state index in [0.717, 1.165) is 5.56 Å². The lowest BCUT2D eigenvalue weighted by Gasteiger charge is -2.13. The molecule has 18 heavy (non-hydrogen) atoms. The second kappa shape index (κ2) is 5.63. The Morgan fingerprint density at radius 1 is 1.44 bits per heavy atom. The Bertz CT molecular complexity index is 536. The number of hydrogen-bond donors (Lipinski definition) is 1. The lowest BCUT2D eigenvalue weighted by atomic mass is 10.1. The first-order valence-corrected chi connectivity index (χ1v) is 7.10. The lowest BCUT2D eigenvalue weighted by molar-refractivity contribution is 0.0935. The molecule has 2 rings (SSSR count). The Balaban J connectivity index is 2.18. The van der Waals surface area contributed by atoms with Crippen molar-refractivity contribution in [1.29, 1.82) is 0 Å². The standard InChI is InChI=1S/C13H11BrFNOS/c1-8(9-5-6-18-7-9)16-13(17)12-10(14)3-2-4-11(12)15/h2-8H,1H3,(H,16,17). The van der Waals surface area contributed by atoms with Crippen LogP contribution in [0.3, 0.4) is 0 Å². The molecule has 1 atom stereocenters. The van der Waals surface area contributed by atoms with Gasteiger partial charge in [0.1, 0.15) is 5.82 Å². The van der Waals surface area contributed by atoms with E-state index in [1.54, 1.807) is 23.5 Å². The maximum Gasteiger partial charge on any atom is 0.255 e. The number of nitrogens with one attached hydrogen (secondary N) is 1. The third-order valence-electron chi connectivity index (χ3n) is 2.58. The molecule has 2 aromatic rings. The Hall–Kier alpha value is -1.20. The predicted molar refractivity (Wildman–Crippen MR) is 74.3 cm³/mol. The van der Waals surface area contributed by atoms with Gasteiger partial charge in [-0.25, -0.2) is 4.39 Å². The van der Waals surface area contributed by atoms with Gasteiger partial charge in [-0.2, -0.15) is 11.3 Å². The van der Waals surface area contributed by atoms with E-state index in [0.29, 0.717) is 4.47 Å². The third-order valence-corrected chi connectivity index (χ3v) is 3.94. The van der Waals surface area contributed by atoms with Gasteiger partial charge in [0, 0.05) is 4.47 Å². The number of carbonyl (C=O) groups excluding carboxylic acids is 1. The van der Waals surface area contributed by atoms with Crippen LogP contribution in [-0.2, 0) is 0 Å². The predicted octanol–water partition coefficient (Wildman–Crippen LogP) is 4.14. The van der Waals surface area contributed by atoms with Gasteiger partial charge in [-0.15, -0.1) is 0 Å². The highest BCUT2D eigenvalue weighted by atomic mass is 79.9. The summed E-state index contributed by atoms with van der Waals surface area (Å²) in [7, 11) is 0. The molecule has 0 saturated heterocycles. The summed E-state index contributed by atoms with van der Waals surface area (Å²) in [5.41, 5.74) is 1.06. The van der Waals surface area contributed by atoms with Crippen molar-refractivity contribution in [1.82, 2.24) is 5.32 Å². The molecule has 0 bridgehead atoms. The zero-order valence-electron chi connectivity index (χ0n) is 9.61. The van der Waals surface area contributed by atoms with Gasteiger partial charge in [0.15, 0.2) is 0 Å². The van der Waals surface area contributed by atoms with Crippen LogP contribution in [0.4, 0.5) is 4.39 Å². The second-order valence-electron chi connectivity index (χ2n) is 3.85. The molecule has 1 heterocycles. The molecule has 0 fully saturated rings. The van der Waals surface area contributed by atoms with E-state index in [4.69, 9.17) is 0 Å². The Kier molecular flexibility index (Phi) is 4.14. The molecule has 1 amide bonds. The van der Waals surface area contributed by atoms with E-state index in [1.165, 1.54) is 6.07 Å². The summed E-state index contributed by atoms with van der Waals surface area (Å²) in [5.74, 6) is -0.946. The van der Waals surface area contributed by atoms with Crippen LogP contribution in [0.25, 0.3) is 0 Å². The molecule has 94 valence electrons. The first-order chi connectivity index (χ1) is 8.59. The van der Waals surface area contributed by atoms with Crippen LogP contribution >= 0.6 is 27.3 Å². The Morgan fingerprint density at radius 2 is 2.22 bits per heavy atom. The normalized spacial score (nSPS) is 12.2. The number of carbonyl (C=O) groups is 1. The van der Waals surface area contributed by atoms with Gasteiger partial charge in [-0.3, -0.25) is 4.79 Å².